The number of hydrogen-bond donors (Lipinski definition) is 0. The quantitative estimate of drug-likeness (QED) is 0.671. The highest BCUT2D eigenvalue weighted by Crippen LogP contribution is 2.39. The Hall–Kier alpha value is -1.32. The van der Waals surface area contributed by atoms with Gasteiger partial charge in [0.25, 0.3) is 5.91 Å². The first kappa shape index (κ1) is 16.2. The lowest BCUT2D eigenvalue weighted by Crippen LogP contribution is -2.44. The van der Waals surface area contributed by atoms with Gasteiger partial charge in [-0.15, -0.1) is 11.3 Å². The van der Waals surface area contributed by atoms with E-state index < -0.39 is 0 Å². The molecule has 4 heteroatoms. The molecule has 1 saturated carbocycles. The minimum absolute atomic E-state index is 0.113. The van der Waals surface area contributed by atoms with Gasteiger partial charge in [-0.3, -0.25) is 4.79 Å². The number of thiophene rings is 1. The second kappa shape index (κ2) is 6.89. The molecular formula is C20H22ClNOS. The Morgan fingerprint density at radius 1 is 1.08 bits per heavy atom. The second-order valence-electron chi connectivity index (χ2n) is 7.01. The van der Waals surface area contributed by atoms with Gasteiger partial charge in [-0.05, 0) is 36.3 Å². The molecule has 2 heterocycles. The van der Waals surface area contributed by atoms with Crippen LogP contribution in [0.3, 0.4) is 0 Å². The minimum atomic E-state index is 0.113. The molecule has 2 unspecified atom stereocenters. The van der Waals surface area contributed by atoms with Crippen molar-refractivity contribution in [3.8, 4) is 10.4 Å². The molecule has 1 aromatic carbocycles. The molecule has 1 saturated heterocycles. The minimum Gasteiger partial charge on any atom is -0.338 e. The van der Waals surface area contributed by atoms with E-state index in [4.69, 9.17) is 11.6 Å². The molecule has 1 aliphatic carbocycles. The first-order valence-electron chi connectivity index (χ1n) is 8.86. The lowest BCUT2D eigenvalue weighted by molar-refractivity contribution is 0.0521. The number of amides is 1. The molecule has 0 spiro atoms. The van der Waals surface area contributed by atoms with Gasteiger partial charge in [-0.25, -0.2) is 0 Å². The van der Waals surface area contributed by atoms with Gasteiger partial charge in [0.1, 0.15) is 4.34 Å². The highest BCUT2D eigenvalue weighted by atomic mass is 35.5. The molecule has 126 valence electrons. The van der Waals surface area contributed by atoms with Gasteiger partial charge in [-0.1, -0.05) is 61.2 Å². The number of carbonyl (C=O) groups is 1. The van der Waals surface area contributed by atoms with Crippen LogP contribution in [-0.2, 0) is 0 Å². The molecule has 0 N–H and O–H groups in total. The third-order valence-electron chi connectivity index (χ3n) is 5.55. The highest BCUT2D eigenvalue weighted by Gasteiger charge is 2.34. The van der Waals surface area contributed by atoms with Crippen LogP contribution >= 0.6 is 22.9 Å². The largest absolute Gasteiger partial charge is 0.338 e. The second-order valence-corrected chi connectivity index (χ2v) is 8.66. The molecule has 1 aliphatic heterocycles. The average molecular weight is 360 g/mol. The molecule has 0 radical (unpaired) electrons. The molecule has 1 amide bonds. The summed E-state index contributed by atoms with van der Waals surface area (Å²) in [5.41, 5.74) is 1.80. The normalized spacial score (nSPS) is 23.8. The van der Waals surface area contributed by atoms with E-state index in [1.165, 1.54) is 37.0 Å². The zero-order chi connectivity index (χ0) is 16.5. The summed E-state index contributed by atoms with van der Waals surface area (Å²) in [5, 5.41) is 0. The Balaban J connectivity index is 1.53. The van der Waals surface area contributed by atoms with Crippen LogP contribution in [0.25, 0.3) is 10.4 Å². The Morgan fingerprint density at radius 3 is 2.62 bits per heavy atom. The van der Waals surface area contributed by atoms with Crippen molar-refractivity contribution in [3.63, 3.8) is 0 Å². The molecular weight excluding hydrogens is 338 g/mol. The van der Waals surface area contributed by atoms with Crippen LogP contribution < -0.4 is 0 Å². The van der Waals surface area contributed by atoms with Crippen LogP contribution in [-0.4, -0.2) is 23.9 Å². The van der Waals surface area contributed by atoms with Gasteiger partial charge in [0.15, 0.2) is 0 Å². The number of hydrogen-bond acceptors (Lipinski definition) is 2. The summed E-state index contributed by atoms with van der Waals surface area (Å²) in [4.78, 5) is 16.1. The zero-order valence-electron chi connectivity index (χ0n) is 13.7. The van der Waals surface area contributed by atoms with Crippen molar-refractivity contribution in [2.45, 2.75) is 32.1 Å². The SMILES string of the molecule is O=C(c1cc(-c2ccccc2)sc1Cl)N1CCC2CCCCC2C1. The zero-order valence-corrected chi connectivity index (χ0v) is 15.3. The van der Waals surface area contributed by atoms with Crippen LogP contribution in [0.5, 0.6) is 0 Å². The Kier molecular flexibility index (Phi) is 4.64. The summed E-state index contributed by atoms with van der Waals surface area (Å²) in [6.07, 6.45) is 6.47. The number of halogens is 1. The highest BCUT2D eigenvalue weighted by molar-refractivity contribution is 7.19. The van der Waals surface area contributed by atoms with Crippen molar-refractivity contribution < 1.29 is 4.79 Å². The average Bonchev–Trinajstić information content (AvgIpc) is 3.03. The molecule has 0 bridgehead atoms. The molecule has 2 aromatic rings. The summed E-state index contributed by atoms with van der Waals surface area (Å²) in [6, 6.07) is 12.1. The van der Waals surface area contributed by atoms with Crippen molar-refractivity contribution in [3.05, 3.63) is 46.3 Å². The first-order chi connectivity index (χ1) is 11.7. The van der Waals surface area contributed by atoms with Crippen molar-refractivity contribution in [2.75, 3.05) is 13.1 Å². The topological polar surface area (TPSA) is 20.3 Å². The molecule has 2 atom stereocenters. The third-order valence-corrected chi connectivity index (χ3v) is 6.96. The van der Waals surface area contributed by atoms with Crippen molar-refractivity contribution in [1.29, 1.82) is 0 Å². The van der Waals surface area contributed by atoms with E-state index in [-0.39, 0.29) is 5.91 Å². The maximum Gasteiger partial charge on any atom is 0.256 e. The van der Waals surface area contributed by atoms with Gasteiger partial charge < -0.3 is 4.90 Å². The monoisotopic (exact) mass is 359 g/mol. The van der Waals surface area contributed by atoms with Crippen molar-refractivity contribution in [2.24, 2.45) is 11.8 Å². The predicted molar refractivity (Wildman–Crippen MR) is 101 cm³/mol. The van der Waals surface area contributed by atoms with E-state index in [9.17, 15) is 4.79 Å². The van der Waals surface area contributed by atoms with E-state index >= 15 is 0 Å². The maximum atomic E-state index is 13.0. The van der Waals surface area contributed by atoms with Crippen LogP contribution in [0.1, 0.15) is 42.5 Å². The van der Waals surface area contributed by atoms with Crippen molar-refractivity contribution in [1.82, 2.24) is 4.90 Å². The van der Waals surface area contributed by atoms with Gasteiger partial charge in [-0.2, -0.15) is 0 Å². The molecule has 2 fully saturated rings. The van der Waals surface area contributed by atoms with Crippen LogP contribution in [0.15, 0.2) is 36.4 Å². The Morgan fingerprint density at radius 2 is 1.83 bits per heavy atom. The van der Waals surface area contributed by atoms with E-state index in [1.54, 1.807) is 0 Å². The fraction of sp³-hybridized carbons (Fsp3) is 0.450. The van der Waals surface area contributed by atoms with E-state index in [1.807, 2.05) is 29.2 Å². The van der Waals surface area contributed by atoms with Gasteiger partial charge in [0.2, 0.25) is 0 Å². The van der Waals surface area contributed by atoms with Crippen LogP contribution in [0.2, 0.25) is 4.34 Å². The summed E-state index contributed by atoms with van der Waals surface area (Å²) < 4.78 is 0.615. The summed E-state index contributed by atoms with van der Waals surface area (Å²) in [5.74, 6) is 1.64. The van der Waals surface area contributed by atoms with Crippen LogP contribution in [0.4, 0.5) is 0 Å². The predicted octanol–water partition coefficient (Wildman–Crippen LogP) is 5.72. The molecule has 4 rings (SSSR count). The van der Waals surface area contributed by atoms with E-state index in [0.29, 0.717) is 15.8 Å². The molecule has 24 heavy (non-hydrogen) atoms. The van der Waals surface area contributed by atoms with E-state index in [0.717, 1.165) is 35.9 Å². The number of rotatable bonds is 2. The Labute approximate surface area is 152 Å². The van der Waals surface area contributed by atoms with Gasteiger partial charge in [0, 0.05) is 18.0 Å². The number of carbonyl (C=O) groups excluding carboxylic acids is 1. The Bertz CT molecular complexity index is 726. The maximum absolute atomic E-state index is 13.0. The fourth-order valence-corrected chi connectivity index (χ4v) is 5.48. The lowest BCUT2D eigenvalue weighted by atomic mass is 9.75. The lowest BCUT2D eigenvalue weighted by Gasteiger charge is -2.41. The fourth-order valence-electron chi connectivity index (χ4n) is 4.21. The van der Waals surface area contributed by atoms with Crippen LogP contribution in [0, 0.1) is 11.8 Å². The number of benzene rings is 1. The summed E-state index contributed by atoms with van der Waals surface area (Å²) in [7, 11) is 0. The number of likely N-dealkylation sites (tertiary alicyclic amines) is 1. The molecule has 2 aliphatic rings. The molecule has 1 aromatic heterocycles. The number of piperidine rings is 1. The van der Waals surface area contributed by atoms with Gasteiger partial charge in [0.05, 0.1) is 5.56 Å². The summed E-state index contributed by atoms with van der Waals surface area (Å²) >= 11 is 7.92. The smallest absolute Gasteiger partial charge is 0.256 e. The number of nitrogens with zero attached hydrogens (tertiary/aromatic N) is 1. The standard InChI is InChI=1S/C20H22ClNOS/c21-19-17(12-18(24-19)15-7-2-1-3-8-15)20(23)22-11-10-14-6-4-5-9-16(14)13-22/h1-3,7-8,12,14,16H,4-6,9-11,13H2. The summed E-state index contributed by atoms with van der Waals surface area (Å²) in [6.45, 7) is 1.79. The number of fused-ring (bicyclic) bond motifs is 1. The third kappa shape index (κ3) is 3.12. The molecule has 2 nitrogen and oxygen atoms in total. The van der Waals surface area contributed by atoms with Gasteiger partial charge >= 0.3 is 0 Å². The van der Waals surface area contributed by atoms with E-state index in [2.05, 4.69) is 12.1 Å². The van der Waals surface area contributed by atoms with Crippen molar-refractivity contribution >= 4 is 28.8 Å². The first-order valence-corrected chi connectivity index (χ1v) is 10.1.